The number of rotatable bonds is 1. The Morgan fingerprint density at radius 1 is 1.19 bits per heavy atom. The van der Waals surface area contributed by atoms with E-state index in [-0.39, 0.29) is 0 Å². The lowest BCUT2D eigenvalue weighted by Crippen LogP contribution is -2.44. The number of hydrogen-bond donors (Lipinski definition) is 2. The van der Waals surface area contributed by atoms with Crippen LogP contribution in [0.25, 0.3) is 16.9 Å². The van der Waals surface area contributed by atoms with Crippen molar-refractivity contribution in [1.82, 2.24) is 25.1 Å². The highest BCUT2D eigenvalue weighted by Gasteiger charge is 2.23. The van der Waals surface area contributed by atoms with Gasteiger partial charge in [-0.25, -0.2) is 13.8 Å². The second-order valence-corrected chi connectivity index (χ2v) is 5.01. The van der Waals surface area contributed by atoms with Crippen molar-refractivity contribution >= 4 is 16.9 Å². The summed E-state index contributed by atoms with van der Waals surface area (Å²) < 4.78 is 14.8. The Kier molecular flexibility index (Phi) is 2.64. The van der Waals surface area contributed by atoms with Crippen LogP contribution in [0.3, 0.4) is 0 Å². The number of halogens is 1. The minimum atomic E-state index is -0.494. The molecule has 1 aromatic carbocycles. The van der Waals surface area contributed by atoms with Gasteiger partial charge in [-0.1, -0.05) is 5.10 Å². The molecular weight excluding hydrogens is 275 g/mol. The molecule has 0 aliphatic carbocycles. The first kappa shape index (κ1) is 12.3. The molecule has 1 saturated heterocycles. The fraction of sp³-hybridized carbons (Fsp3) is 0.308. The molecule has 0 saturated carbocycles. The van der Waals surface area contributed by atoms with Crippen molar-refractivity contribution in [2.45, 2.75) is 0 Å². The third kappa shape index (κ3) is 1.87. The van der Waals surface area contributed by atoms with Crippen molar-refractivity contribution in [2.75, 3.05) is 31.1 Å². The summed E-state index contributed by atoms with van der Waals surface area (Å²) in [6, 6.07) is 4.29. The number of hydrogen-bond acceptors (Lipinski definition) is 5. The molecule has 7 nitrogen and oxygen atoms in total. The van der Waals surface area contributed by atoms with Crippen LogP contribution in [0.5, 0.6) is 0 Å². The third-order valence-electron chi connectivity index (χ3n) is 3.73. The highest BCUT2D eigenvalue weighted by atomic mass is 19.1. The van der Waals surface area contributed by atoms with Crippen molar-refractivity contribution in [2.24, 2.45) is 0 Å². The summed E-state index contributed by atoms with van der Waals surface area (Å²) in [4.78, 5) is 17.3. The van der Waals surface area contributed by atoms with Crippen LogP contribution in [0, 0.1) is 5.82 Å². The maximum Gasteiger partial charge on any atom is 0.372 e. The zero-order chi connectivity index (χ0) is 14.4. The Balaban J connectivity index is 2.01. The summed E-state index contributed by atoms with van der Waals surface area (Å²) in [6.45, 7) is 3.33. The Bertz CT molecular complexity index is 834. The maximum atomic E-state index is 13.5. The number of anilines is 1. The van der Waals surface area contributed by atoms with Gasteiger partial charge in [0.05, 0.1) is 11.0 Å². The summed E-state index contributed by atoms with van der Waals surface area (Å²) in [5, 5.41) is 10.8. The van der Waals surface area contributed by atoms with Crippen LogP contribution in [0.4, 0.5) is 10.2 Å². The van der Waals surface area contributed by atoms with Gasteiger partial charge in [0.25, 0.3) is 0 Å². The first-order valence-electron chi connectivity index (χ1n) is 6.76. The lowest BCUT2D eigenvalue weighted by atomic mass is 10.2. The minimum Gasteiger partial charge on any atom is -0.352 e. The zero-order valence-corrected chi connectivity index (χ0v) is 11.1. The summed E-state index contributed by atoms with van der Waals surface area (Å²) in [7, 11) is 0. The Hall–Kier alpha value is -2.48. The summed E-state index contributed by atoms with van der Waals surface area (Å²) in [5.41, 5.74) is 0.624. The van der Waals surface area contributed by atoms with E-state index in [9.17, 15) is 9.18 Å². The van der Waals surface area contributed by atoms with Gasteiger partial charge in [-0.2, -0.15) is 0 Å². The predicted molar refractivity (Wildman–Crippen MR) is 75.7 cm³/mol. The van der Waals surface area contributed by atoms with E-state index in [1.54, 1.807) is 6.07 Å². The molecule has 0 atom stereocenters. The molecule has 21 heavy (non-hydrogen) atoms. The Morgan fingerprint density at radius 3 is 2.81 bits per heavy atom. The summed E-state index contributed by atoms with van der Waals surface area (Å²) in [6.07, 6.45) is 0. The predicted octanol–water partition coefficient (Wildman–Crippen LogP) is 0.0953. The molecule has 1 fully saturated rings. The van der Waals surface area contributed by atoms with Gasteiger partial charge in [0.15, 0.2) is 5.82 Å². The first-order valence-corrected chi connectivity index (χ1v) is 6.76. The molecule has 0 bridgehead atoms. The van der Waals surface area contributed by atoms with Crippen molar-refractivity contribution in [1.29, 1.82) is 0 Å². The molecule has 4 rings (SSSR count). The van der Waals surface area contributed by atoms with Crippen LogP contribution in [0.15, 0.2) is 23.0 Å². The van der Waals surface area contributed by atoms with Crippen LogP contribution < -0.4 is 15.9 Å². The molecule has 0 spiro atoms. The average Bonchev–Trinajstić information content (AvgIpc) is 2.90. The van der Waals surface area contributed by atoms with Gasteiger partial charge in [0.2, 0.25) is 5.82 Å². The molecule has 1 aromatic rings. The number of piperazine rings is 1. The van der Waals surface area contributed by atoms with Gasteiger partial charge in [-0.3, -0.25) is 0 Å². The second-order valence-electron chi connectivity index (χ2n) is 5.01. The van der Waals surface area contributed by atoms with Crippen molar-refractivity contribution in [3.8, 4) is 5.82 Å². The van der Waals surface area contributed by atoms with Crippen LogP contribution >= 0.6 is 0 Å². The van der Waals surface area contributed by atoms with Crippen LogP contribution in [-0.2, 0) is 0 Å². The Morgan fingerprint density at radius 2 is 2.00 bits per heavy atom. The van der Waals surface area contributed by atoms with E-state index < -0.39 is 11.5 Å². The van der Waals surface area contributed by atoms with Crippen molar-refractivity contribution in [3.63, 3.8) is 0 Å². The van der Waals surface area contributed by atoms with Crippen molar-refractivity contribution in [3.05, 3.63) is 34.5 Å². The van der Waals surface area contributed by atoms with E-state index in [2.05, 4.69) is 25.4 Å². The molecule has 8 heteroatoms. The number of nitrogens with zero attached hydrogens (tertiary/aromatic N) is 4. The van der Waals surface area contributed by atoms with Gasteiger partial charge in [0, 0.05) is 32.2 Å². The van der Waals surface area contributed by atoms with Crippen LogP contribution in [0.1, 0.15) is 0 Å². The zero-order valence-electron chi connectivity index (χ0n) is 11.1. The molecule has 108 valence electrons. The number of H-pyrrole nitrogens is 1. The fourth-order valence-corrected chi connectivity index (χ4v) is 2.73. The van der Waals surface area contributed by atoms with Crippen molar-refractivity contribution < 1.29 is 4.39 Å². The number of fused-ring (bicyclic) bond motifs is 3. The summed E-state index contributed by atoms with van der Waals surface area (Å²) in [5.74, 6) is 0.769. The van der Waals surface area contributed by atoms with Gasteiger partial charge >= 0.3 is 5.69 Å². The fourth-order valence-electron chi connectivity index (χ4n) is 2.73. The number of benzene rings is 1. The van der Waals surface area contributed by atoms with Gasteiger partial charge in [-0.15, -0.1) is 5.10 Å². The van der Waals surface area contributed by atoms with E-state index in [0.29, 0.717) is 16.9 Å². The van der Waals surface area contributed by atoms with E-state index in [4.69, 9.17) is 0 Å². The van der Waals surface area contributed by atoms with E-state index >= 15 is 0 Å². The average molecular weight is 288 g/mol. The Labute approximate surface area is 118 Å². The smallest absolute Gasteiger partial charge is 0.352 e. The molecule has 0 unspecified atom stereocenters. The van der Waals surface area contributed by atoms with Gasteiger partial charge in [-0.05, 0) is 12.1 Å². The minimum absolute atomic E-state index is 0.403. The summed E-state index contributed by atoms with van der Waals surface area (Å²) >= 11 is 0. The lowest BCUT2D eigenvalue weighted by Gasteiger charge is -2.30. The molecular formula is C13H13FN6O. The standard InChI is InChI=1S/C13H13FN6O/c14-8-1-2-9-10(7-8)20-12(17-18-13(20)21)11(16-9)19-5-3-15-4-6-19/h1-2,7,15-16H,3-6H2. The molecule has 2 N–H and O–H groups in total. The first-order chi connectivity index (χ1) is 10.2. The van der Waals surface area contributed by atoms with Gasteiger partial charge in [0.1, 0.15) is 5.82 Å². The highest BCUT2D eigenvalue weighted by Crippen LogP contribution is 2.26. The lowest BCUT2D eigenvalue weighted by molar-refractivity contribution is 0.584. The monoisotopic (exact) mass is 288 g/mol. The number of nitrogens with one attached hydrogen (secondary N) is 2. The SMILES string of the molecule is O=c1nnc2c(N3CCNCC3)[nH]c3ccc(F)cc3n1-2. The second kappa shape index (κ2) is 4.52. The molecule has 0 amide bonds. The van der Waals surface area contributed by atoms with Crippen LogP contribution in [-0.4, -0.2) is 45.9 Å². The molecule has 3 heterocycles. The molecule has 0 aromatic heterocycles. The van der Waals surface area contributed by atoms with E-state index in [1.165, 1.54) is 16.7 Å². The highest BCUT2D eigenvalue weighted by molar-refractivity contribution is 5.81. The topological polar surface area (TPSA) is 78.8 Å². The normalized spacial score (nSPS) is 16.0. The number of aromatic amines is 1. The van der Waals surface area contributed by atoms with E-state index in [1.807, 2.05) is 0 Å². The third-order valence-corrected chi connectivity index (χ3v) is 3.73. The molecule has 0 radical (unpaired) electrons. The maximum absolute atomic E-state index is 13.5. The largest absolute Gasteiger partial charge is 0.372 e. The number of aromatic nitrogens is 4. The van der Waals surface area contributed by atoms with Crippen LogP contribution in [0.2, 0.25) is 0 Å². The molecule has 3 aliphatic heterocycles. The molecule has 3 aliphatic rings. The van der Waals surface area contributed by atoms with E-state index in [0.717, 1.165) is 32.0 Å². The quantitative estimate of drug-likeness (QED) is 0.664. The van der Waals surface area contributed by atoms with Gasteiger partial charge < -0.3 is 15.2 Å².